The Morgan fingerprint density at radius 1 is 1.18 bits per heavy atom. The third kappa shape index (κ3) is 2.77. The summed E-state index contributed by atoms with van der Waals surface area (Å²) in [4.78, 5) is 8.33. The molecule has 0 unspecified atom stereocenters. The average Bonchev–Trinajstić information content (AvgIpc) is 2.39. The Bertz CT molecular complexity index is 532. The lowest BCUT2D eigenvalue weighted by atomic mass is 10.1. The standard InChI is InChI=1S/C13H9BrFN2/c1-2-12(15)9-3-5-10(6-4-9)13-16-7-11(14)8-17-13/h2-8H,1H2/b12-2-. The van der Waals surface area contributed by atoms with Crippen molar-refractivity contribution in [3.05, 3.63) is 59.7 Å². The van der Waals surface area contributed by atoms with Crippen molar-refractivity contribution in [3.8, 4) is 11.4 Å². The first-order valence-corrected chi connectivity index (χ1v) is 5.73. The van der Waals surface area contributed by atoms with E-state index in [1.165, 1.54) is 6.08 Å². The molecule has 2 nitrogen and oxygen atoms in total. The molecule has 0 fully saturated rings. The van der Waals surface area contributed by atoms with Crippen molar-refractivity contribution < 1.29 is 4.39 Å². The van der Waals surface area contributed by atoms with Crippen LogP contribution >= 0.6 is 15.9 Å². The molecule has 85 valence electrons. The highest BCUT2D eigenvalue weighted by Gasteiger charge is 2.03. The van der Waals surface area contributed by atoms with E-state index in [0.717, 1.165) is 10.0 Å². The van der Waals surface area contributed by atoms with E-state index in [1.54, 1.807) is 36.7 Å². The molecule has 1 radical (unpaired) electrons. The maximum Gasteiger partial charge on any atom is 0.159 e. The number of benzene rings is 1. The van der Waals surface area contributed by atoms with Crippen LogP contribution in [0.5, 0.6) is 0 Å². The highest BCUT2D eigenvalue weighted by Crippen LogP contribution is 2.20. The molecule has 0 spiro atoms. The Morgan fingerprint density at radius 3 is 2.29 bits per heavy atom. The Hall–Kier alpha value is -1.55. The molecule has 1 aromatic heterocycles. The summed E-state index contributed by atoms with van der Waals surface area (Å²) in [5, 5.41) is 0. The van der Waals surface area contributed by atoms with E-state index < -0.39 is 0 Å². The summed E-state index contributed by atoms with van der Waals surface area (Å²) in [5.74, 6) is 0.270. The molecule has 1 aromatic carbocycles. The van der Waals surface area contributed by atoms with Crippen molar-refractivity contribution >= 4 is 21.8 Å². The monoisotopic (exact) mass is 291 g/mol. The second kappa shape index (κ2) is 5.19. The molecular weight excluding hydrogens is 283 g/mol. The second-order valence-electron chi connectivity index (χ2n) is 3.35. The van der Waals surface area contributed by atoms with Gasteiger partial charge in [0.1, 0.15) is 5.83 Å². The number of allylic oxidation sites excluding steroid dienone is 1. The summed E-state index contributed by atoms with van der Waals surface area (Å²) in [6.45, 7) is 3.39. The fraction of sp³-hybridized carbons (Fsp3) is 0. The maximum atomic E-state index is 13.2. The molecule has 0 amide bonds. The summed E-state index contributed by atoms with van der Waals surface area (Å²) < 4.78 is 14.0. The minimum atomic E-state index is -0.340. The molecule has 0 atom stereocenters. The smallest absolute Gasteiger partial charge is 0.159 e. The Labute approximate surface area is 107 Å². The summed E-state index contributed by atoms with van der Waals surface area (Å²) >= 11 is 3.27. The molecule has 17 heavy (non-hydrogen) atoms. The van der Waals surface area contributed by atoms with E-state index in [0.29, 0.717) is 11.4 Å². The average molecular weight is 292 g/mol. The van der Waals surface area contributed by atoms with Crippen LogP contribution in [0.1, 0.15) is 5.56 Å². The van der Waals surface area contributed by atoms with Crippen molar-refractivity contribution in [2.45, 2.75) is 0 Å². The zero-order valence-electron chi connectivity index (χ0n) is 8.90. The highest BCUT2D eigenvalue weighted by atomic mass is 79.9. The molecule has 0 bridgehead atoms. The predicted molar refractivity (Wildman–Crippen MR) is 69.6 cm³/mol. The molecule has 0 aliphatic carbocycles. The fourth-order valence-corrected chi connectivity index (χ4v) is 1.56. The third-order valence-electron chi connectivity index (χ3n) is 2.22. The fourth-order valence-electron chi connectivity index (χ4n) is 1.36. The first kappa shape index (κ1) is 11.9. The van der Waals surface area contributed by atoms with Gasteiger partial charge in [-0.25, -0.2) is 14.4 Å². The molecule has 2 aromatic rings. The number of nitrogens with zero attached hydrogens (tertiary/aromatic N) is 2. The van der Waals surface area contributed by atoms with Crippen LogP contribution in [0.4, 0.5) is 4.39 Å². The first-order valence-electron chi connectivity index (χ1n) is 4.94. The minimum Gasteiger partial charge on any atom is -0.235 e. The van der Waals surface area contributed by atoms with Crippen LogP contribution in [0.2, 0.25) is 0 Å². The SMILES string of the molecule is [CH2]/C=C(\F)c1ccc(-c2ncc(Br)cn2)cc1. The Kier molecular flexibility index (Phi) is 3.64. The van der Waals surface area contributed by atoms with Gasteiger partial charge in [0.05, 0.1) is 4.47 Å². The topological polar surface area (TPSA) is 25.8 Å². The molecule has 4 heteroatoms. The third-order valence-corrected chi connectivity index (χ3v) is 2.63. The molecule has 0 aliphatic heterocycles. The van der Waals surface area contributed by atoms with Gasteiger partial charge in [-0.15, -0.1) is 0 Å². The van der Waals surface area contributed by atoms with Gasteiger partial charge in [-0.05, 0) is 28.9 Å². The van der Waals surface area contributed by atoms with Crippen LogP contribution in [0, 0.1) is 6.92 Å². The van der Waals surface area contributed by atoms with Crippen molar-refractivity contribution in [1.29, 1.82) is 0 Å². The van der Waals surface area contributed by atoms with Gasteiger partial charge in [0, 0.05) is 23.5 Å². The van der Waals surface area contributed by atoms with Gasteiger partial charge in [0.2, 0.25) is 0 Å². The zero-order chi connectivity index (χ0) is 12.3. The van der Waals surface area contributed by atoms with E-state index in [4.69, 9.17) is 0 Å². The van der Waals surface area contributed by atoms with Crippen molar-refractivity contribution in [2.24, 2.45) is 0 Å². The van der Waals surface area contributed by atoms with E-state index in [2.05, 4.69) is 32.8 Å². The lowest BCUT2D eigenvalue weighted by molar-refractivity contribution is 0.760. The molecule has 2 rings (SSSR count). The minimum absolute atomic E-state index is 0.340. The maximum absolute atomic E-state index is 13.2. The van der Waals surface area contributed by atoms with Gasteiger partial charge in [-0.3, -0.25) is 0 Å². The van der Waals surface area contributed by atoms with Crippen LogP contribution in [0.25, 0.3) is 17.2 Å². The van der Waals surface area contributed by atoms with Crippen molar-refractivity contribution in [3.63, 3.8) is 0 Å². The van der Waals surface area contributed by atoms with Gasteiger partial charge >= 0.3 is 0 Å². The Balaban J connectivity index is 2.32. The molecule has 0 N–H and O–H groups in total. The van der Waals surface area contributed by atoms with Crippen molar-refractivity contribution in [1.82, 2.24) is 9.97 Å². The van der Waals surface area contributed by atoms with Gasteiger partial charge < -0.3 is 0 Å². The molecule has 1 heterocycles. The number of aromatic nitrogens is 2. The second-order valence-corrected chi connectivity index (χ2v) is 4.27. The molecule has 0 aliphatic rings. The predicted octanol–water partition coefficient (Wildman–Crippen LogP) is 4.05. The number of rotatable bonds is 2. The first-order chi connectivity index (χ1) is 8.20. The number of hydrogen-bond acceptors (Lipinski definition) is 2. The van der Waals surface area contributed by atoms with E-state index in [-0.39, 0.29) is 5.83 Å². The summed E-state index contributed by atoms with van der Waals surface area (Å²) in [7, 11) is 0. The summed E-state index contributed by atoms with van der Waals surface area (Å²) in [5.41, 5.74) is 1.35. The van der Waals surface area contributed by atoms with Gasteiger partial charge in [0.25, 0.3) is 0 Å². The normalized spacial score (nSPS) is 11.6. The largest absolute Gasteiger partial charge is 0.235 e. The lowest BCUT2D eigenvalue weighted by Gasteiger charge is -2.01. The van der Waals surface area contributed by atoms with Crippen LogP contribution < -0.4 is 0 Å². The van der Waals surface area contributed by atoms with E-state index in [9.17, 15) is 4.39 Å². The van der Waals surface area contributed by atoms with Gasteiger partial charge in [-0.1, -0.05) is 24.3 Å². The number of halogens is 2. The molecular formula is C13H9BrFN2. The van der Waals surface area contributed by atoms with Crippen LogP contribution in [-0.2, 0) is 0 Å². The molecule has 0 saturated heterocycles. The quantitative estimate of drug-likeness (QED) is 0.834. The summed E-state index contributed by atoms with van der Waals surface area (Å²) in [6.07, 6.45) is 4.53. The zero-order valence-corrected chi connectivity index (χ0v) is 10.5. The van der Waals surface area contributed by atoms with Crippen LogP contribution in [0.15, 0.2) is 47.2 Å². The van der Waals surface area contributed by atoms with E-state index >= 15 is 0 Å². The van der Waals surface area contributed by atoms with Gasteiger partial charge in [0.15, 0.2) is 5.82 Å². The summed E-state index contributed by atoms with van der Waals surface area (Å²) in [6, 6.07) is 6.92. The Morgan fingerprint density at radius 2 is 1.76 bits per heavy atom. The highest BCUT2D eigenvalue weighted by molar-refractivity contribution is 9.10. The van der Waals surface area contributed by atoms with Gasteiger partial charge in [-0.2, -0.15) is 0 Å². The van der Waals surface area contributed by atoms with Crippen LogP contribution in [-0.4, -0.2) is 9.97 Å². The van der Waals surface area contributed by atoms with Crippen molar-refractivity contribution in [2.75, 3.05) is 0 Å². The lowest BCUT2D eigenvalue weighted by Crippen LogP contribution is -1.88. The van der Waals surface area contributed by atoms with Crippen LogP contribution in [0.3, 0.4) is 0 Å². The van der Waals surface area contributed by atoms with E-state index in [1.807, 2.05) is 0 Å². The number of hydrogen-bond donors (Lipinski definition) is 0. The molecule has 0 saturated carbocycles.